The van der Waals surface area contributed by atoms with Crippen LogP contribution in [0.1, 0.15) is 26.7 Å². The zero-order chi connectivity index (χ0) is 8.74. The van der Waals surface area contributed by atoms with Crippen LogP contribution in [0.3, 0.4) is 0 Å². The summed E-state index contributed by atoms with van der Waals surface area (Å²) >= 11 is 0. The quantitative estimate of drug-likeness (QED) is 0.583. The van der Waals surface area contributed by atoms with E-state index in [-0.39, 0.29) is 13.2 Å². The summed E-state index contributed by atoms with van der Waals surface area (Å²) in [6, 6.07) is 0. The second-order valence-electron chi connectivity index (χ2n) is 2.46. The molecule has 0 spiro atoms. The SMILES string of the molecule is CCC(C=O)(CC)OCCO. The van der Waals surface area contributed by atoms with Crippen LogP contribution < -0.4 is 0 Å². The molecule has 11 heavy (non-hydrogen) atoms. The van der Waals surface area contributed by atoms with Crippen LogP contribution in [0.15, 0.2) is 0 Å². The highest BCUT2D eigenvalue weighted by Crippen LogP contribution is 2.16. The summed E-state index contributed by atoms with van der Waals surface area (Å²) in [6.07, 6.45) is 2.14. The lowest BCUT2D eigenvalue weighted by Crippen LogP contribution is -2.33. The van der Waals surface area contributed by atoms with E-state index >= 15 is 0 Å². The van der Waals surface area contributed by atoms with Crippen molar-refractivity contribution in [2.75, 3.05) is 13.2 Å². The van der Waals surface area contributed by atoms with Crippen LogP contribution in [-0.4, -0.2) is 30.2 Å². The molecule has 0 aromatic heterocycles. The van der Waals surface area contributed by atoms with Crippen molar-refractivity contribution in [1.82, 2.24) is 0 Å². The number of ether oxygens (including phenoxy) is 1. The first-order chi connectivity index (χ1) is 5.24. The Bertz CT molecular complexity index is 108. The van der Waals surface area contributed by atoms with Crippen molar-refractivity contribution in [1.29, 1.82) is 0 Å². The topological polar surface area (TPSA) is 46.5 Å². The summed E-state index contributed by atoms with van der Waals surface area (Å²) in [4.78, 5) is 10.6. The van der Waals surface area contributed by atoms with E-state index in [0.717, 1.165) is 6.29 Å². The fraction of sp³-hybridized carbons (Fsp3) is 0.875. The van der Waals surface area contributed by atoms with Gasteiger partial charge < -0.3 is 14.6 Å². The number of hydrogen-bond donors (Lipinski definition) is 1. The number of hydrogen-bond acceptors (Lipinski definition) is 3. The van der Waals surface area contributed by atoms with Gasteiger partial charge in [-0.25, -0.2) is 0 Å². The number of rotatable bonds is 6. The van der Waals surface area contributed by atoms with Gasteiger partial charge in [0.25, 0.3) is 0 Å². The molecule has 0 heterocycles. The van der Waals surface area contributed by atoms with Gasteiger partial charge in [-0.3, -0.25) is 0 Å². The maximum absolute atomic E-state index is 10.6. The predicted octanol–water partition coefficient (Wildman–Crippen LogP) is 0.753. The van der Waals surface area contributed by atoms with Gasteiger partial charge >= 0.3 is 0 Å². The zero-order valence-corrected chi connectivity index (χ0v) is 7.17. The average Bonchev–Trinajstić information content (AvgIpc) is 2.08. The van der Waals surface area contributed by atoms with Gasteiger partial charge in [-0.05, 0) is 12.8 Å². The summed E-state index contributed by atoms with van der Waals surface area (Å²) in [5.74, 6) is 0. The third-order valence-electron chi connectivity index (χ3n) is 1.89. The summed E-state index contributed by atoms with van der Waals surface area (Å²) in [6.45, 7) is 4.00. The Morgan fingerprint density at radius 3 is 2.27 bits per heavy atom. The highest BCUT2D eigenvalue weighted by Gasteiger charge is 2.25. The first-order valence-electron chi connectivity index (χ1n) is 3.95. The minimum atomic E-state index is -0.664. The summed E-state index contributed by atoms with van der Waals surface area (Å²) in [7, 11) is 0. The van der Waals surface area contributed by atoms with Crippen LogP contribution in [-0.2, 0) is 9.53 Å². The number of aliphatic hydroxyl groups is 1. The smallest absolute Gasteiger partial charge is 0.151 e. The van der Waals surface area contributed by atoms with Crippen molar-refractivity contribution in [3.05, 3.63) is 0 Å². The van der Waals surface area contributed by atoms with E-state index in [0.29, 0.717) is 12.8 Å². The van der Waals surface area contributed by atoms with E-state index in [9.17, 15) is 4.79 Å². The van der Waals surface area contributed by atoms with Gasteiger partial charge in [0.1, 0.15) is 5.60 Å². The van der Waals surface area contributed by atoms with Gasteiger partial charge in [0.2, 0.25) is 0 Å². The van der Waals surface area contributed by atoms with Crippen LogP contribution in [0.5, 0.6) is 0 Å². The molecule has 0 aromatic carbocycles. The molecule has 0 aliphatic heterocycles. The van der Waals surface area contributed by atoms with E-state index in [1.165, 1.54) is 0 Å². The summed E-state index contributed by atoms with van der Waals surface area (Å²) in [5, 5.41) is 8.48. The van der Waals surface area contributed by atoms with Crippen molar-refractivity contribution in [3.8, 4) is 0 Å². The van der Waals surface area contributed by atoms with Gasteiger partial charge in [-0.15, -0.1) is 0 Å². The standard InChI is InChI=1S/C8H16O3/c1-3-8(4-2,7-10)11-6-5-9/h7,9H,3-6H2,1-2H3. The Labute approximate surface area is 67.4 Å². The molecule has 0 aliphatic rings. The van der Waals surface area contributed by atoms with E-state index in [2.05, 4.69) is 0 Å². The minimum Gasteiger partial charge on any atom is -0.394 e. The Balaban J connectivity index is 3.94. The van der Waals surface area contributed by atoms with Crippen molar-refractivity contribution in [3.63, 3.8) is 0 Å². The molecule has 0 amide bonds. The Morgan fingerprint density at radius 1 is 1.45 bits per heavy atom. The molecular formula is C8H16O3. The van der Waals surface area contributed by atoms with Crippen LogP contribution in [0.4, 0.5) is 0 Å². The molecule has 0 bridgehead atoms. The van der Waals surface area contributed by atoms with Crippen molar-refractivity contribution < 1.29 is 14.6 Å². The Morgan fingerprint density at radius 2 is 2.00 bits per heavy atom. The first-order valence-corrected chi connectivity index (χ1v) is 3.95. The Kier molecular flexibility index (Phi) is 5.07. The molecule has 3 nitrogen and oxygen atoms in total. The molecule has 0 radical (unpaired) electrons. The van der Waals surface area contributed by atoms with Crippen LogP contribution >= 0.6 is 0 Å². The fourth-order valence-corrected chi connectivity index (χ4v) is 0.904. The van der Waals surface area contributed by atoms with E-state index in [1.54, 1.807) is 0 Å². The van der Waals surface area contributed by atoms with Gasteiger partial charge in [-0.2, -0.15) is 0 Å². The number of carbonyl (C=O) groups excluding carboxylic acids is 1. The molecule has 0 unspecified atom stereocenters. The number of aldehydes is 1. The van der Waals surface area contributed by atoms with Gasteiger partial charge in [0.05, 0.1) is 13.2 Å². The largest absolute Gasteiger partial charge is 0.394 e. The molecule has 0 rings (SSSR count). The molecule has 66 valence electrons. The van der Waals surface area contributed by atoms with E-state index in [4.69, 9.17) is 9.84 Å². The van der Waals surface area contributed by atoms with E-state index in [1.807, 2.05) is 13.8 Å². The lowest BCUT2D eigenvalue weighted by molar-refractivity contribution is -0.133. The number of aliphatic hydroxyl groups excluding tert-OH is 1. The molecule has 0 saturated heterocycles. The van der Waals surface area contributed by atoms with Crippen LogP contribution in [0.25, 0.3) is 0 Å². The second kappa shape index (κ2) is 5.27. The average molecular weight is 160 g/mol. The molecule has 1 N–H and O–H groups in total. The lowest BCUT2D eigenvalue weighted by atomic mass is 9.99. The maximum atomic E-state index is 10.6. The zero-order valence-electron chi connectivity index (χ0n) is 7.17. The van der Waals surface area contributed by atoms with Crippen molar-refractivity contribution >= 4 is 6.29 Å². The van der Waals surface area contributed by atoms with Crippen molar-refractivity contribution in [2.45, 2.75) is 32.3 Å². The molecular weight excluding hydrogens is 144 g/mol. The third kappa shape index (κ3) is 2.99. The maximum Gasteiger partial charge on any atom is 0.151 e. The molecule has 0 aromatic rings. The second-order valence-corrected chi connectivity index (χ2v) is 2.46. The predicted molar refractivity (Wildman–Crippen MR) is 42.4 cm³/mol. The first kappa shape index (κ1) is 10.6. The van der Waals surface area contributed by atoms with Crippen molar-refractivity contribution in [2.24, 2.45) is 0 Å². The molecule has 0 saturated carbocycles. The summed E-state index contributed by atoms with van der Waals surface area (Å²) < 4.78 is 5.21. The summed E-state index contributed by atoms with van der Waals surface area (Å²) in [5.41, 5.74) is -0.664. The van der Waals surface area contributed by atoms with Crippen LogP contribution in [0.2, 0.25) is 0 Å². The molecule has 0 aliphatic carbocycles. The van der Waals surface area contributed by atoms with Gasteiger partial charge in [-0.1, -0.05) is 13.8 Å². The monoisotopic (exact) mass is 160 g/mol. The fourth-order valence-electron chi connectivity index (χ4n) is 0.904. The molecule has 3 heteroatoms. The third-order valence-corrected chi connectivity index (χ3v) is 1.89. The van der Waals surface area contributed by atoms with Crippen LogP contribution in [0, 0.1) is 0 Å². The number of carbonyl (C=O) groups is 1. The molecule has 0 fully saturated rings. The van der Waals surface area contributed by atoms with Gasteiger partial charge in [0.15, 0.2) is 6.29 Å². The highest BCUT2D eigenvalue weighted by molar-refractivity contribution is 5.62. The lowest BCUT2D eigenvalue weighted by Gasteiger charge is -2.24. The minimum absolute atomic E-state index is 0.0322. The van der Waals surface area contributed by atoms with Gasteiger partial charge in [0, 0.05) is 0 Å². The van der Waals surface area contributed by atoms with E-state index < -0.39 is 5.60 Å². The normalized spacial score (nSPS) is 11.5. The highest BCUT2D eigenvalue weighted by atomic mass is 16.5. The Hall–Kier alpha value is -0.410. The molecule has 0 atom stereocenters.